The number of hydrogen-bond acceptors (Lipinski definition) is 5. The molecule has 0 unspecified atom stereocenters. The molecular formula is C21H18N4O5. The highest BCUT2D eigenvalue weighted by molar-refractivity contribution is 6.09. The fourth-order valence-electron chi connectivity index (χ4n) is 3.34. The Labute approximate surface area is 170 Å². The number of urea groups is 1. The number of nitrogens with one attached hydrogen (secondary N) is 3. The first-order valence-corrected chi connectivity index (χ1v) is 9.03. The molecule has 152 valence electrons. The van der Waals surface area contributed by atoms with Gasteiger partial charge < -0.3 is 24.7 Å². The summed E-state index contributed by atoms with van der Waals surface area (Å²) in [6.45, 7) is 1.60. The number of carbonyl (C=O) groups excluding carboxylic acids is 2. The zero-order valence-electron chi connectivity index (χ0n) is 16.2. The minimum atomic E-state index is -1.60. The van der Waals surface area contributed by atoms with Crippen molar-refractivity contribution in [1.29, 1.82) is 0 Å². The van der Waals surface area contributed by atoms with Gasteiger partial charge in [0.15, 0.2) is 5.88 Å². The molecule has 3 heterocycles. The Balaban J connectivity index is 1.78. The molecule has 1 fully saturated rings. The number of benzene rings is 1. The van der Waals surface area contributed by atoms with E-state index in [1.807, 2.05) is 0 Å². The smallest absolute Gasteiger partial charge is 0.323 e. The van der Waals surface area contributed by atoms with Gasteiger partial charge in [-0.3, -0.25) is 14.9 Å². The predicted molar refractivity (Wildman–Crippen MR) is 108 cm³/mol. The van der Waals surface area contributed by atoms with Crippen LogP contribution in [0.1, 0.15) is 11.1 Å². The number of imide groups is 1. The number of aryl methyl sites for hydroxylation is 1. The summed E-state index contributed by atoms with van der Waals surface area (Å²) < 4.78 is 6.64. The van der Waals surface area contributed by atoms with Gasteiger partial charge in [0.05, 0.1) is 13.7 Å². The van der Waals surface area contributed by atoms with E-state index in [4.69, 9.17) is 4.74 Å². The standard InChI is InChI=1S/C21H18N4O5/c1-12-7-17(26)22-9-13(12)5-6-21(19(28)23-20(29)24-21)11-25-10-14-3-4-15(30-2)8-16(14)18(25)27/h3-4,7-10,27H,11H2,1-2H3,(H,22,26)(H2,23,24,28,29)/t21-/m1/s1. The molecule has 3 aromatic rings. The van der Waals surface area contributed by atoms with Crippen molar-refractivity contribution in [3.05, 3.63) is 58.1 Å². The number of amides is 3. The molecule has 9 heteroatoms. The summed E-state index contributed by atoms with van der Waals surface area (Å²) in [7, 11) is 1.52. The summed E-state index contributed by atoms with van der Waals surface area (Å²) in [5.74, 6) is 5.54. The van der Waals surface area contributed by atoms with Crippen LogP contribution in [0.5, 0.6) is 11.6 Å². The lowest BCUT2D eigenvalue weighted by Gasteiger charge is -2.20. The van der Waals surface area contributed by atoms with Crippen molar-refractivity contribution < 1.29 is 19.4 Å². The van der Waals surface area contributed by atoms with Crippen molar-refractivity contribution >= 4 is 22.7 Å². The van der Waals surface area contributed by atoms with Crippen LogP contribution < -0.4 is 20.9 Å². The molecule has 0 radical (unpaired) electrons. The number of aromatic nitrogens is 2. The number of rotatable bonds is 3. The lowest BCUT2D eigenvalue weighted by molar-refractivity contribution is -0.122. The van der Waals surface area contributed by atoms with Gasteiger partial charge in [0.25, 0.3) is 5.91 Å². The topological polar surface area (TPSA) is 125 Å². The van der Waals surface area contributed by atoms with Crippen molar-refractivity contribution in [2.45, 2.75) is 19.0 Å². The van der Waals surface area contributed by atoms with Gasteiger partial charge in [-0.25, -0.2) is 4.79 Å². The Hall–Kier alpha value is -4.19. The molecule has 1 saturated heterocycles. The summed E-state index contributed by atoms with van der Waals surface area (Å²) in [5, 5.41) is 16.7. The second kappa shape index (κ2) is 7.00. The summed E-state index contributed by atoms with van der Waals surface area (Å²) in [4.78, 5) is 38.4. The zero-order chi connectivity index (χ0) is 21.5. The predicted octanol–water partition coefficient (Wildman–Crippen LogP) is 0.982. The number of aromatic hydroxyl groups is 1. The number of nitrogens with zero attached hydrogens (tertiary/aromatic N) is 1. The van der Waals surface area contributed by atoms with Crippen molar-refractivity contribution in [1.82, 2.24) is 20.2 Å². The number of aromatic amines is 1. The Morgan fingerprint density at radius 3 is 2.70 bits per heavy atom. The maximum absolute atomic E-state index is 12.6. The molecule has 3 amide bonds. The lowest BCUT2D eigenvalue weighted by Crippen LogP contribution is -2.49. The first kappa shape index (κ1) is 19.1. The quantitative estimate of drug-likeness (QED) is 0.381. The van der Waals surface area contributed by atoms with Crippen LogP contribution in [0.3, 0.4) is 0 Å². The highest BCUT2D eigenvalue weighted by Crippen LogP contribution is 2.31. The fourth-order valence-corrected chi connectivity index (χ4v) is 3.34. The van der Waals surface area contributed by atoms with Gasteiger partial charge in [-0.15, -0.1) is 0 Å². The minimum Gasteiger partial charge on any atom is -0.497 e. The van der Waals surface area contributed by atoms with E-state index in [0.29, 0.717) is 22.3 Å². The minimum absolute atomic E-state index is 0.0840. The van der Waals surface area contributed by atoms with Crippen LogP contribution in [-0.2, 0) is 11.3 Å². The van der Waals surface area contributed by atoms with Crippen LogP contribution in [0.2, 0.25) is 0 Å². The van der Waals surface area contributed by atoms with Crippen molar-refractivity contribution in [2.24, 2.45) is 0 Å². The number of carbonyl (C=O) groups is 2. The highest BCUT2D eigenvalue weighted by Gasteiger charge is 2.46. The Kier molecular flexibility index (Phi) is 4.47. The molecule has 9 nitrogen and oxygen atoms in total. The van der Waals surface area contributed by atoms with E-state index < -0.39 is 17.5 Å². The van der Waals surface area contributed by atoms with Crippen molar-refractivity contribution in [3.63, 3.8) is 0 Å². The van der Waals surface area contributed by atoms with Gasteiger partial charge in [-0.1, -0.05) is 11.8 Å². The van der Waals surface area contributed by atoms with Gasteiger partial charge >= 0.3 is 6.03 Å². The third kappa shape index (κ3) is 3.24. The second-order valence-electron chi connectivity index (χ2n) is 6.99. The first-order chi connectivity index (χ1) is 14.3. The van der Waals surface area contributed by atoms with E-state index in [0.717, 1.165) is 5.39 Å². The maximum Gasteiger partial charge on any atom is 0.323 e. The molecule has 0 saturated carbocycles. The average Bonchev–Trinajstić information content (AvgIpc) is 3.16. The second-order valence-corrected chi connectivity index (χ2v) is 6.99. The van der Waals surface area contributed by atoms with E-state index in [9.17, 15) is 19.5 Å². The zero-order valence-corrected chi connectivity index (χ0v) is 16.2. The molecule has 0 spiro atoms. The Morgan fingerprint density at radius 1 is 1.23 bits per heavy atom. The van der Waals surface area contributed by atoms with Gasteiger partial charge in [0.1, 0.15) is 5.75 Å². The fraction of sp³-hybridized carbons (Fsp3) is 0.190. The van der Waals surface area contributed by atoms with Crippen LogP contribution >= 0.6 is 0 Å². The number of fused-ring (bicyclic) bond motifs is 1. The molecular weight excluding hydrogens is 388 g/mol. The van der Waals surface area contributed by atoms with Crippen LogP contribution in [0.25, 0.3) is 10.8 Å². The normalized spacial score (nSPS) is 17.9. The van der Waals surface area contributed by atoms with E-state index >= 15 is 0 Å². The molecule has 4 N–H and O–H groups in total. The number of hydrogen-bond donors (Lipinski definition) is 4. The van der Waals surface area contributed by atoms with Gasteiger partial charge in [0.2, 0.25) is 11.1 Å². The summed E-state index contributed by atoms with van der Waals surface area (Å²) in [5.41, 5.74) is -0.725. The maximum atomic E-state index is 12.6. The molecule has 1 aliphatic heterocycles. The van der Waals surface area contributed by atoms with E-state index in [2.05, 4.69) is 27.5 Å². The largest absolute Gasteiger partial charge is 0.497 e. The third-order valence-corrected chi connectivity index (χ3v) is 4.96. The summed E-state index contributed by atoms with van der Waals surface area (Å²) in [6.07, 6.45) is 3.11. The third-order valence-electron chi connectivity index (χ3n) is 4.96. The van der Waals surface area contributed by atoms with Gasteiger partial charge in [0, 0.05) is 34.8 Å². The lowest BCUT2D eigenvalue weighted by atomic mass is 9.99. The molecule has 0 aliphatic carbocycles. The van der Waals surface area contributed by atoms with Crippen LogP contribution in [-0.4, -0.2) is 39.2 Å². The first-order valence-electron chi connectivity index (χ1n) is 9.03. The Morgan fingerprint density at radius 2 is 2.03 bits per heavy atom. The van der Waals surface area contributed by atoms with Gasteiger partial charge in [-0.2, -0.15) is 0 Å². The van der Waals surface area contributed by atoms with E-state index in [1.165, 1.54) is 23.9 Å². The summed E-state index contributed by atoms with van der Waals surface area (Å²) in [6, 6.07) is 5.92. The Bertz CT molecular complexity index is 1310. The van der Waals surface area contributed by atoms with E-state index in [1.54, 1.807) is 31.3 Å². The molecule has 1 aromatic carbocycles. The number of H-pyrrole nitrogens is 1. The van der Waals surface area contributed by atoms with Crippen LogP contribution in [0.15, 0.2) is 41.5 Å². The molecule has 30 heavy (non-hydrogen) atoms. The van der Waals surface area contributed by atoms with Crippen molar-refractivity contribution in [3.8, 4) is 23.5 Å². The SMILES string of the molecule is COc1ccc2cn(C[C@@]3(C#Cc4c[nH]c(=O)cc4C)NC(=O)NC3=O)c(O)c2c1. The van der Waals surface area contributed by atoms with Crippen molar-refractivity contribution in [2.75, 3.05) is 7.11 Å². The highest BCUT2D eigenvalue weighted by atomic mass is 16.5. The number of methoxy groups -OCH3 is 1. The number of ether oxygens (including phenoxy) is 1. The molecule has 4 rings (SSSR count). The number of pyridine rings is 1. The van der Waals surface area contributed by atoms with Crippen LogP contribution in [0, 0.1) is 18.8 Å². The average molecular weight is 406 g/mol. The molecule has 0 bridgehead atoms. The van der Waals surface area contributed by atoms with Crippen LogP contribution in [0.4, 0.5) is 4.79 Å². The monoisotopic (exact) mass is 406 g/mol. The van der Waals surface area contributed by atoms with Gasteiger partial charge in [-0.05, 0) is 30.7 Å². The molecule has 1 atom stereocenters. The van der Waals surface area contributed by atoms with E-state index in [-0.39, 0.29) is 18.0 Å². The molecule has 1 aliphatic rings. The summed E-state index contributed by atoms with van der Waals surface area (Å²) >= 11 is 0. The molecule has 2 aromatic heterocycles.